The molecular formula is C13H14ClFN4O. The number of nitrogens with zero attached hydrogens (tertiary/aromatic N) is 4. The summed E-state index contributed by atoms with van der Waals surface area (Å²) in [6.45, 7) is 4.79. The maximum absolute atomic E-state index is 13.0. The third kappa shape index (κ3) is 3.33. The monoisotopic (exact) mass is 296 g/mol. The molecule has 1 heterocycles. The van der Waals surface area contributed by atoms with Crippen molar-refractivity contribution in [1.82, 2.24) is 15.0 Å². The van der Waals surface area contributed by atoms with Gasteiger partial charge in [0.1, 0.15) is 5.82 Å². The van der Waals surface area contributed by atoms with Crippen molar-refractivity contribution in [1.29, 1.82) is 0 Å². The first kappa shape index (κ1) is 14.5. The van der Waals surface area contributed by atoms with E-state index in [4.69, 9.17) is 16.3 Å². The zero-order chi connectivity index (χ0) is 14.5. The van der Waals surface area contributed by atoms with Gasteiger partial charge in [-0.15, -0.1) is 0 Å². The number of hydrogen-bond donors (Lipinski definition) is 0. The van der Waals surface area contributed by atoms with E-state index in [2.05, 4.69) is 15.0 Å². The Hall–Kier alpha value is -1.95. The minimum atomic E-state index is -0.298. The molecule has 0 aliphatic rings. The average Bonchev–Trinajstić information content (AvgIpc) is 2.41. The Bertz CT molecular complexity index is 579. The van der Waals surface area contributed by atoms with Gasteiger partial charge in [-0.1, -0.05) is 0 Å². The van der Waals surface area contributed by atoms with Crippen molar-refractivity contribution in [2.45, 2.75) is 13.8 Å². The van der Waals surface area contributed by atoms with E-state index < -0.39 is 0 Å². The molecule has 0 radical (unpaired) electrons. The van der Waals surface area contributed by atoms with E-state index in [1.54, 1.807) is 17.0 Å². The van der Waals surface area contributed by atoms with Crippen molar-refractivity contribution in [3.05, 3.63) is 35.4 Å². The molecule has 7 heteroatoms. The lowest BCUT2D eigenvalue weighted by Crippen LogP contribution is -2.19. The second-order valence-electron chi connectivity index (χ2n) is 3.84. The fourth-order valence-corrected chi connectivity index (χ4v) is 1.84. The Labute approximate surface area is 121 Å². The number of rotatable bonds is 5. The number of halogens is 2. The van der Waals surface area contributed by atoms with Crippen LogP contribution in [0.4, 0.5) is 16.0 Å². The summed E-state index contributed by atoms with van der Waals surface area (Å²) in [5.74, 6) is 0.0658. The molecule has 0 amide bonds. The molecule has 0 saturated carbocycles. The summed E-state index contributed by atoms with van der Waals surface area (Å²) in [7, 11) is 0. The highest BCUT2D eigenvalue weighted by molar-refractivity contribution is 6.28. The molecule has 0 aliphatic heterocycles. The van der Waals surface area contributed by atoms with Crippen LogP contribution < -0.4 is 9.64 Å². The van der Waals surface area contributed by atoms with Crippen LogP contribution in [0.2, 0.25) is 5.28 Å². The van der Waals surface area contributed by atoms with Crippen LogP contribution in [0.1, 0.15) is 13.8 Å². The number of hydrogen-bond acceptors (Lipinski definition) is 5. The van der Waals surface area contributed by atoms with Gasteiger partial charge in [-0.3, -0.25) is 0 Å². The third-order valence-electron chi connectivity index (χ3n) is 2.55. The molecule has 0 atom stereocenters. The fourth-order valence-electron chi connectivity index (χ4n) is 1.70. The summed E-state index contributed by atoms with van der Waals surface area (Å²) in [5, 5.41) is 0.0546. The lowest BCUT2D eigenvalue weighted by atomic mass is 10.3. The van der Waals surface area contributed by atoms with Gasteiger partial charge in [-0.25, -0.2) is 4.39 Å². The highest BCUT2D eigenvalue weighted by atomic mass is 35.5. The van der Waals surface area contributed by atoms with Gasteiger partial charge in [-0.2, -0.15) is 15.0 Å². The van der Waals surface area contributed by atoms with Crippen LogP contribution in [0.15, 0.2) is 24.3 Å². The summed E-state index contributed by atoms with van der Waals surface area (Å²) >= 11 is 5.87. The molecule has 2 aromatic rings. The lowest BCUT2D eigenvalue weighted by Gasteiger charge is -2.21. The number of benzene rings is 1. The first-order valence-electron chi connectivity index (χ1n) is 6.21. The molecule has 106 valence electrons. The average molecular weight is 297 g/mol. The van der Waals surface area contributed by atoms with Crippen LogP contribution in [0, 0.1) is 5.82 Å². The van der Waals surface area contributed by atoms with E-state index in [1.165, 1.54) is 12.1 Å². The summed E-state index contributed by atoms with van der Waals surface area (Å²) in [4.78, 5) is 13.9. The van der Waals surface area contributed by atoms with Gasteiger partial charge in [0, 0.05) is 12.2 Å². The number of aromatic nitrogens is 3. The fraction of sp³-hybridized carbons (Fsp3) is 0.308. The largest absolute Gasteiger partial charge is 0.464 e. The highest BCUT2D eigenvalue weighted by Crippen LogP contribution is 2.24. The Kier molecular flexibility index (Phi) is 4.68. The van der Waals surface area contributed by atoms with E-state index in [0.717, 1.165) is 5.69 Å². The standard InChI is InChI=1S/C13H14ClFN4O/c1-3-19(10-7-5-9(15)6-8-10)12-16-11(14)17-13(18-12)20-4-2/h5-8H,3-4H2,1-2H3. The second kappa shape index (κ2) is 6.47. The number of anilines is 2. The Morgan fingerprint density at radius 1 is 1.15 bits per heavy atom. The molecule has 2 rings (SSSR count). The van der Waals surface area contributed by atoms with Gasteiger partial charge in [0.05, 0.1) is 6.61 Å². The first-order chi connectivity index (χ1) is 9.63. The molecule has 0 unspecified atom stereocenters. The normalized spacial score (nSPS) is 10.4. The molecule has 0 spiro atoms. The van der Waals surface area contributed by atoms with Crippen molar-refractivity contribution >= 4 is 23.2 Å². The van der Waals surface area contributed by atoms with Crippen LogP contribution in [-0.2, 0) is 0 Å². The molecule has 0 bridgehead atoms. The van der Waals surface area contributed by atoms with Gasteiger partial charge in [0.15, 0.2) is 0 Å². The van der Waals surface area contributed by atoms with Gasteiger partial charge in [0.2, 0.25) is 11.2 Å². The maximum Gasteiger partial charge on any atom is 0.322 e. The van der Waals surface area contributed by atoms with Crippen molar-refractivity contribution in [3.8, 4) is 6.01 Å². The molecule has 20 heavy (non-hydrogen) atoms. The Balaban J connectivity index is 2.38. The van der Waals surface area contributed by atoms with E-state index >= 15 is 0 Å². The van der Waals surface area contributed by atoms with Crippen molar-refractivity contribution in [2.75, 3.05) is 18.1 Å². The van der Waals surface area contributed by atoms with Crippen molar-refractivity contribution in [3.63, 3.8) is 0 Å². The smallest absolute Gasteiger partial charge is 0.322 e. The molecule has 0 fully saturated rings. The quantitative estimate of drug-likeness (QED) is 0.848. The lowest BCUT2D eigenvalue weighted by molar-refractivity contribution is 0.311. The van der Waals surface area contributed by atoms with Crippen LogP contribution >= 0.6 is 11.6 Å². The van der Waals surface area contributed by atoms with Crippen LogP contribution in [0.25, 0.3) is 0 Å². The summed E-state index contributed by atoms with van der Waals surface area (Å²) < 4.78 is 18.2. The van der Waals surface area contributed by atoms with Crippen LogP contribution in [0.3, 0.4) is 0 Å². The SMILES string of the molecule is CCOc1nc(Cl)nc(N(CC)c2ccc(F)cc2)n1. The maximum atomic E-state index is 13.0. The molecule has 0 N–H and O–H groups in total. The van der Waals surface area contributed by atoms with E-state index in [9.17, 15) is 4.39 Å². The Morgan fingerprint density at radius 3 is 2.45 bits per heavy atom. The third-order valence-corrected chi connectivity index (χ3v) is 2.71. The topological polar surface area (TPSA) is 51.1 Å². The first-order valence-corrected chi connectivity index (χ1v) is 6.59. The van der Waals surface area contributed by atoms with Crippen molar-refractivity contribution in [2.24, 2.45) is 0 Å². The minimum absolute atomic E-state index is 0.0546. The summed E-state index contributed by atoms with van der Waals surface area (Å²) in [5.41, 5.74) is 0.763. The highest BCUT2D eigenvalue weighted by Gasteiger charge is 2.14. The minimum Gasteiger partial charge on any atom is -0.464 e. The van der Waals surface area contributed by atoms with E-state index in [0.29, 0.717) is 19.1 Å². The van der Waals surface area contributed by atoms with E-state index in [-0.39, 0.29) is 17.1 Å². The van der Waals surface area contributed by atoms with Gasteiger partial charge < -0.3 is 9.64 Å². The molecule has 0 aliphatic carbocycles. The zero-order valence-electron chi connectivity index (χ0n) is 11.2. The van der Waals surface area contributed by atoms with Crippen LogP contribution in [-0.4, -0.2) is 28.1 Å². The molecule has 1 aromatic heterocycles. The predicted octanol–water partition coefficient (Wildman–Crippen LogP) is 3.22. The summed E-state index contributed by atoms with van der Waals surface area (Å²) in [6, 6.07) is 6.23. The summed E-state index contributed by atoms with van der Waals surface area (Å²) in [6.07, 6.45) is 0. The Morgan fingerprint density at radius 2 is 1.85 bits per heavy atom. The molecule has 1 aromatic carbocycles. The number of ether oxygens (including phenoxy) is 1. The van der Waals surface area contributed by atoms with Gasteiger partial charge >= 0.3 is 6.01 Å². The molecular weight excluding hydrogens is 283 g/mol. The van der Waals surface area contributed by atoms with Crippen LogP contribution in [0.5, 0.6) is 6.01 Å². The second-order valence-corrected chi connectivity index (χ2v) is 4.18. The van der Waals surface area contributed by atoms with E-state index in [1.807, 2.05) is 13.8 Å². The van der Waals surface area contributed by atoms with Gasteiger partial charge in [0.25, 0.3) is 0 Å². The molecule has 0 saturated heterocycles. The van der Waals surface area contributed by atoms with Gasteiger partial charge in [-0.05, 0) is 49.7 Å². The molecule has 5 nitrogen and oxygen atoms in total. The zero-order valence-corrected chi connectivity index (χ0v) is 11.9. The predicted molar refractivity (Wildman–Crippen MR) is 75.1 cm³/mol. The van der Waals surface area contributed by atoms with Crippen molar-refractivity contribution < 1.29 is 9.13 Å².